The van der Waals surface area contributed by atoms with E-state index in [4.69, 9.17) is 0 Å². The molecule has 1 unspecified atom stereocenters. The molecule has 0 radical (unpaired) electrons. The van der Waals surface area contributed by atoms with Crippen molar-refractivity contribution >= 4 is 10.0 Å². The van der Waals surface area contributed by atoms with Gasteiger partial charge in [-0.15, -0.1) is 0 Å². The largest absolute Gasteiger partial charge is 0.305 e. The highest BCUT2D eigenvalue weighted by Crippen LogP contribution is 2.17. The van der Waals surface area contributed by atoms with E-state index in [-0.39, 0.29) is 11.8 Å². The molecule has 0 aromatic carbocycles. The van der Waals surface area contributed by atoms with E-state index in [0.717, 1.165) is 25.9 Å². The highest BCUT2D eigenvalue weighted by atomic mass is 32.2. The lowest BCUT2D eigenvalue weighted by Crippen LogP contribution is -2.44. The molecule has 0 spiro atoms. The van der Waals surface area contributed by atoms with Gasteiger partial charge in [0.1, 0.15) is 0 Å². The third-order valence-electron chi connectivity index (χ3n) is 3.14. The number of hydrogen-bond donors (Lipinski definition) is 0. The molecule has 1 aliphatic heterocycles. The smallest absolute Gasteiger partial charge is 0.214 e. The van der Waals surface area contributed by atoms with Crippen molar-refractivity contribution in [1.29, 1.82) is 0 Å². The molecular weight excluding hydrogens is 224 g/mol. The van der Waals surface area contributed by atoms with Crippen LogP contribution in [0.15, 0.2) is 0 Å². The lowest BCUT2D eigenvalue weighted by molar-refractivity contribution is 0.270. The Morgan fingerprint density at radius 1 is 1.25 bits per heavy atom. The first kappa shape index (κ1) is 13.9. The number of rotatable bonds is 4. The van der Waals surface area contributed by atoms with Gasteiger partial charge in [-0.25, -0.2) is 8.42 Å². The Balaban J connectivity index is 2.83. The van der Waals surface area contributed by atoms with Crippen LogP contribution in [-0.4, -0.2) is 56.1 Å². The molecule has 0 aromatic rings. The highest BCUT2D eigenvalue weighted by molar-refractivity contribution is 7.89. The van der Waals surface area contributed by atoms with Crippen molar-refractivity contribution < 1.29 is 8.42 Å². The Hall–Kier alpha value is -0.130. The van der Waals surface area contributed by atoms with Crippen molar-refractivity contribution in [3.63, 3.8) is 0 Å². The van der Waals surface area contributed by atoms with Gasteiger partial charge in [0.15, 0.2) is 0 Å². The Kier molecular flexibility index (Phi) is 5.21. The van der Waals surface area contributed by atoms with Crippen molar-refractivity contribution in [2.75, 3.05) is 32.4 Å². The maximum absolute atomic E-state index is 12.1. The second-order valence-corrected chi connectivity index (χ2v) is 6.65. The monoisotopic (exact) mass is 248 g/mol. The molecule has 16 heavy (non-hydrogen) atoms. The fraction of sp³-hybridized carbons (Fsp3) is 1.00. The molecule has 0 amide bonds. The molecule has 1 atom stereocenters. The van der Waals surface area contributed by atoms with Gasteiger partial charge < -0.3 is 4.90 Å². The molecule has 1 heterocycles. The van der Waals surface area contributed by atoms with Crippen LogP contribution < -0.4 is 0 Å². The van der Waals surface area contributed by atoms with Gasteiger partial charge in [0.25, 0.3) is 0 Å². The second-order valence-electron chi connectivity index (χ2n) is 4.60. The lowest BCUT2D eigenvalue weighted by atomic mass is 10.2. The predicted molar refractivity (Wildman–Crippen MR) is 67.0 cm³/mol. The number of nitrogens with zero attached hydrogens (tertiary/aromatic N) is 2. The van der Waals surface area contributed by atoms with E-state index in [2.05, 4.69) is 18.9 Å². The zero-order valence-corrected chi connectivity index (χ0v) is 11.5. The van der Waals surface area contributed by atoms with Gasteiger partial charge in [0, 0.05) is 19.1 Å². The molecule has 1 rings (SSSR count). The van der Waals surface area contributed by atoms with Gasteiger partial charge in [0.2, 0.25) is 10.0 Å². The topological polar surface area (TPSA) is 40.6 Å². The summed E-state index contributed by atoms with van der Waals surface area (Å²) in [6.07, 6.45) is 2.54. The van der Waals surface area contributed by atoms with Gasteiger partial charge >= 0.3 is 0 Å². The SMILES string of the molecule is CCCS(=O)(=O)N1CCCN(C)CC1CC. The molecule has 0 aromatic heterocycles. The summed E-state index contributed by atoms with van der Waals surface area (Å²) in [5, 5.41) is 0. The summed E-state index contributed by atoms with van der Waals surface area (Å²) in [6, 6.07) is 0.157. The number of likely N-dealkylation sites (N-methyl/N-ethyl adjacent to an activating group) is 1. The van der Waals surface area contributed by atoms with E-state index in [1.165, 1.54) is 0 Å². The van der Waals surface area contributed by atoms with E-state index in [1.807, 2.05) is 6.92 Å². The van der Waals surface area contributed by atoms with E-state index in [1.54, 1.807) is 4.31 Å². The zero-order chi connectivity index (χ0) is 12.2. The van der Waals surface area contributed by atoms with Gasteiger partial charge in [-0.1, -0.05) is 13.8 Å². The second kappa shape index (κ2) is 5.98. The maximum atomic E-state index is 12.1. The van der Waals surface area contributed by atoms with Gasteiger partial charge in [0.05, 0.1) is 5.75 Å². The number of hydrogen-bond acceptors (Lipinski definition) is 3. The molecule has 96 valence electrons. The molecule has 0 saturated carbocycles. The van der Waals surface area contributed by atoms with E-state index in [0.29, 0.717) is 13.0 Å². The summed E-state index contributed by atoms with van der Waals surface area (Å²) < 4.78 is 26.0. The van der Waals surface area contributed by atoms with Crippen LogP contribution in [0, 0.1) is 0 Å². The van der Waals surface area contributed by atoms with Gasteiger partial charge in [-0.2, -0.15) is 4.31 Å². The van der Waals surface area contributed by atoms with Crippen LogP contribution in [-0.2, 0) is 10.0 Å². The van der Waals surface area contributed by atoms with E-state index in [9.17, 15) is 8.42 Å². The third-order valence-corrected chi connectivity index (χ3v) is 5.26. The molecule has 0 N–H and O–H groups in total. The van der Waals surface area contributed by atoms with E-state index >= 15 is 0 Å². The fourth-order valence-corrected chi connectivity index (χ4v) is 4.12. The molecule has 1 aliphatic rings. The predicted octanol–water partition coefficient (Wildman–Crippen LogP) is 1.14. The summed E-state index contributed by atoms with van der Waals surface area (Å²) in [5.41, 5.74) is 0. The van der Waals surface area contributed by atoms with Crippen LogP contribution >= 0.6 is 0 Å². The number of sulfonamides is 1. The van der Waals surface area contributed by atoms with Gasteiger partial charge in [-0.3, -0.25) is 0 Å². The van der Waals surface area contributed by atoms with Gasteiger partial charge in [-0.05, 0) is 32.9 Å². The Morgan fingerprint density at radius 3 is 2.50 bits per heavy atom. The van der Waals surface area contributed by atoms with Crippen LogP contribution in [0.2, 0.25) is 0 Å². The summed E-state index contributed by atoms with van der Waals surface area (Å²) in [7, 11) is -0.967. The molecule has 5 heteroatoms. The fourth-order valence-electron chi connectivity index (χ4n) is 2.30. The Bertz CT molecular complexity index is 303. The average molecular weight is 248 g/mol. The average Bonchev–Trinajstić information content (AvgIpc) is 2.39. The maximum Gasteiger partial charge on any atom is 0.214 e. The molecule has 4 nitrogen and oxygen atoms in total. The minimum absolute atomic E-state index is 0.157. The summed E-state index contributed by atoms with van der Waals surface area (Å²) in [6.45, 7) is 6.53. The molecule has 0 bridgehead atoms. The Labute approximate surface area is 99.7 Å². The van der Waals surface area contributed by atoms with E-state index < -0.39 is 10.0 Å². The van der Waals surface area contributed by atoms with Crippen LogP contribution in [0.25, 0.3) is 0 Å². The molecule has 1 saturated heterocycles. The first-order chi connectivity index (χ1) is 7.51. The quantitative estimate of drug-likeness (QED) is 0.749. The van der Waals surface area contributed by atoms with Crippen LogP contribution in [0.5, 0.6) is 0 Å². The Morgan fingerprint density at radius 2 is 1.94 bits per heavy atom. The van der Waals surface area contributed by atoms with Crippen molar-refractivity contribution in [2.24, 2.45) is 0 Å². The molecule has 1 fully saturated rings. The van der Waals surface area contributed by atoms with Crippen LogP contribution in [0.3, 0.4) is 0 Å². The first-order valence-corrected chi connectivity index (χ1v) is 7.80. The van der Waals surface area contributed by atoms with Crippen molar-refractivity contribution in [1.82, 2.24) is 9.21 Å². The lowest BCUT2D eigenvalue weighted by Gasteiger charge is -2.29. The van der Waals surface area contributed by atoms with Crippen LogP contribution in [0.4, 0.5) is 0 Å². The summed E-state index contributed by atoms with van der Waals surface area (Å²) >= 11 is 0. The first-order valence-electron chi connectivity index (χ1n) is 6.19. The van der Waals surface area contributed by atoms with Crippen molar-refractivity contribution in [2.45, 2.75) is 39.2 Å². The highest BCUT2D eigenvalue weighted by Gasteiger charge is 2.30. The van der Waals surface area contributed by atoms with Crippen LogP contribution in [0.1, 0.15) is 33.1 Å². The minimum atomic E-state index is -3.03. The summed E-state index contributed by atoms with van der Waals surface area (Å²) in [5.74, 6) is 0.285. The molecular formula is C11H24N2O2S. The van der Waals surface area contributed by atoms with Crippen molar-refractivity contribution in [3.05, 3.63) is 0 Å². The third kappa shape index (κ3) is 3.43. The standard InChI is InChI=1S/C11H24N2O2S/c1-4-9-16(14,15)13-8-6-7-12(3)10-11(13)5-2/h11H,4-10H2,1-3H3. The summed E-state index contributed by atoms with van der Waals surface area (Å²) in [4.78, 5) is 2.23. The minimum Gasteiger partial charge on any atom is -0.305 e. The zero-order valence-electron chi connectivity index (χ0n) is 10.6. The van der Waals surface area contributed by atoms with Crippen molar-refractivity contribution in [3.8, 4) is 0 Å². The molecule has 0 aliphatic carbocycles. The normalized spacial score (nSPS) is 25.6.